The molecule has 0 saturated heterocycles. The van der Waals surface area contributed by atoms with E-state index in [9.17, 15) is 0 Å². The van der Waals surface area contributed by atoms with E-state index in [1.54, 1.807) is 0 Å². The van der Waals surface area contributed by atoms with Gasteiger partial charge in [0, 0.05) is 12.6 Å². The highest BCUT2D eigenvalue weighted by molar-refractivity contribution is 4.92. The normalized spacial score (nSPS) is 20.5. The second kappa shape index (κ2) is 5.21. The van der Waals surface area contributed by atoms with E-state index in [0.29, 0.717) is 6.04 Å². The zero-order valence-electron chi connectivity index (χ0n) is 8.58. The largest absolute Gasteiger partial charge is 0.304 e. The number of hydrogen-bond donors (Lipinski definition) is 1. The highest BCUT2D eigenvalue weighted by atomic mass is 15.2. The van der Waals surface area contributed by atoms with Gasteiger partial charge < -0.3 is 10.2 Å². The van der Waals surface area contributed by atoms with Gasteiger partial charge in [-0.25, -0.2) is 0 Å². The number of nitrogens with zero attached hydrogens (tertiary/aromatic N) is 2. The molecule has 13 heavy (non-hydrogen) atoms. The molecule has 0 aliphatic heterocycles. The number of hydrogen-bond acceptors (Lipinski definition) is 3. The summed E-state index contributed by atoms with van der Waals surface area (Å²) < 4.78 is 0. The van der Waals surface area contributed by atoms with Crippen LogP contribution in [-0.2, 0) is 0 Å². The average molecular weight is 181 g/mol. The van der Waals surface area contributed by atoms with Crippen molar-refractivity contribution in [1.82, 2.24) is 10.2 Å². The minimum atomic E-state index is -0.0226. The maximum atomic E-state index is 8.78. The average Bonchev–Trinajstić information content (AvgIpc) is 2.66. The number of nitriles is 1. The number of likely N-dealkylation sites (N-methyl/N-ethyl adjacent to an activating group) is 2. The van der Waals surface area contributed by atoms with Crippen LogP contribution in [-0.4, -0.2) is 37.6 Å². The van der Waals surface area contributed by atoms with E-state index in [2.05, 4.69) is 23.3 Å². The van der Waals surface area contributed by atoms with E-state index >= 15 is 0 Å². The molecule has 1 saturated carbocycles. The summed E-state index contributed by atoms with van der Waals surface area (Å²) in [6.07, 6.45) is 5.31. The van der Waals surface area contributed by atoms with Gasteiger partial charge in [-0.3, -0.25) is 0 Å². The first-order chi connectivity index (χ1) is 6.27. The molecule has 1 aliphatic carbocycles. The Bertz CT molecular complexity index is 179. The molecule has 1 N–H and O–H groups in total. The van der Waals surface area contributed by atoms with Crippen molar-refractivity contribution in [3.05, 3.63) is 0 Å². The second-order valence-electron chi connectivity index (χ2n) is 3.85. The van der Waals surface area contributed by atoms with E-state index in [-0.39, 0.29) is 6.04 Å². The fraction of sp³-hybridized carbons (Fsp3) is 0.900. The molecule has 0 spiro atoms. The molecule has 1 unspecified atom stereocenters. The van der Waals surface area contributed by atoms with Gasteiger partial charge in [0.05, 0.1) is 6.07 Å². The molecule has 0 amide bonds. The third kappa shape index (κ3) is 2.98. The fourth-order valence-electron chi connectivity index (χ4n) is 1.98. The smallest absolute Gasteiger partial charge is 0.108 e. The van der Waals surface area contributed by atoms with Crippen molar-refractivity contribution in [1.29, 1.82) is 5.26 Å². The van der Waals surface area contributed by atoms with Crippen molar-refractivity contribution in [3.63, 3.8) is 0 Å². The minimum Gasteiger partial charge on any atom is -0.304 e. The predicted molar refractivity (Wildman–Crippen MR) is 53.3 cm³/mol. The van der Waals surface area contributed by atoms with E-state index in [1.165, 1.54) is 25.7 Å². The topological polar surface area (TPSA) is 39.1 Å². The zero-order chi connectivity index (χ0) is 9.68. The predicted octanol–water partition coefficient (Wildman–Crippen LogP) is 0.972. The summed E-state index contributed by atoms with van der Waals surface area (Å²) in [4.78, 5) is 2.32. The molecule has 0 aromatic carbocycles. The van der Waals surface area contributed by atoms with Gasteiger partial charge in [0.1, 0.15) is 6.04 Å². The van der Waals surface area contributed by atoms with Crippen LogP contribution in [0.2, 0.25) is 0 Å². The van der Waals surface area contributed by atoms with E-state index in [0.717, 1.165) is 6.54 Å². The lowest BCUT2D eigenvalue weighted by Gasteiger charge is -2.25. The first-order valence-corrected chi connectivity index (χ1v) is 5.05. The summed E-state index contributed by atoms with van der Waals surface area (Å²) in [6.45, 7) is 0.845. The molecule has 0 bridgehead atoms. The quantitative estimate of drug-likeness (QED) is 0.702. The standard InChI is InChI=1S/C10H19N3/c1-12-9(7-11)8-13(2)10-5-3-4-6-10/h9-10,12H,3-6,8H2,1-2H3. The van der Waals surface area contributed by atoms with Gasteiger partial charge in [0.25, 0.3) is 0 Å². The zero-order valence-corrected chi connectivity index (χ0v) is 8.58. The lowest BCUT2D eigenvalue weighted by molar-refractivity contribution is 0.235. The van der Waals surface area contributed by atoms with Crippen LogP contribution in [0.1, 0.15) is 25.7 Å². The van der Waals surface area contributed by atoms with Crippen molar-refractivity contribution in [2.24, 2.45) is 0 Å². The molecule has 74 valence electrons. The van der Waals surface area contributed by atoms with Crippen LogP contribution in [0.4, 0.5) is 0 Å². The Morgan fingerprint density at radius 1 is 1.54 bits per heavy atom. The third-order valence-corrected chi connectivity index (χ3v) is 2.92. The Kier molecular flexibility index (Phi) is 4.20. The van der Waals surface area contributed by atoms with Crippen molar-refractivity contribution in [2.75, 3.05) is 20.6 Å². The Morgan fingerprint density at radius 2 is 2.15 bits per heavy atom. The van der Waals surface area contributed by atoms with E-state index in [4.69, 9.17) is 5.26 Å². The molecule has 0 heterocycles. The molecule has 1 fully saturated rings. The van der Waals surface area contributed by atoms with Crippen molar-refractivity contribution in [3.8, 4) is 6.07 Å². The lowest BCUT2D eigenvalue weighted by Crippen LogP contribution is -2.40. The van der Waals surface area contributed by atoms with Gasteiger partial charge in [-0.05, 0) is 26.9 Å². The summed E-state index contributed by atoms with van der Waals surface area (Å²) >= 11 is 0. The third-order valence-electron chi connectivity index (χ3n) is 2.92. The molecule has 1 aliphatic rings. The van der Waals surface area contributed by atoms with Crippen LogP contribution in [0.15, 0.2) is 0 Å². The van der Waals surface area contributed by atoms with Crippen LogP contribution < -0.4 is 5.32 Å². The first kappa shape index (κ1) is 10.5. The number of rotatable bonds is 4. The lowest BCUT2D eigenvalue weighted by atomic mass is 10.2. The fourth-order valence-corrected chi connectivity index (χ4v) is 1.98. The maximum Gasteiger partial charge on any atom is 0.108 e. The Morgan fingerprint density at radius 3 is 2.62 bits per heavy atom. The van der Waals surface area contributed by atoms with Gasteiger partial charge in [-0.15, -0.1) is 0 Å². The SMILES string of the molecule is CNC(C#N)CN(C)C1CCCC1. The highest BCUT2D eigenvalue weighted by Gasteiger charge is 2.21. The summed E-state index contributed by atoms with van der Waals surface area (Å²) in [5.74, 6) is 0. The van der Waals surface area contributed by atoms with Gasteiger partial charge in [-0.2, -0.15) is 5.26 Å². The molecule has 0 aromatic heterocycles. The molecule has 1 rings (SSSR count). The van der Waals surface area contributed by atoms with Crippen LogP contribution in [0.5, 0.6) is 0 Å². The van der Waals surface area contributed by atoms with E-state index in [1.807, 2.05) is 7.05 Å². The summed E-state index contributed by atoms with van der Waals surface area (Å²) in [6, 6.07) is 2.94. The molecular formula is C10H19N3. The van der Waals surface area contributed by atoms with Crippen molar-refractivity contribution < 1.29 is 0 Å². The molecular weight excluding hydrogens is 162 g/mol. The monoisotopic (exact) mass is 181 g/mol. The maximum absolute atomic E-state index is 8.78. The van der Waals surface area contributed by atoms with Crippen LogP contribution in [0, 0.1) is 11.3 Å². The molecule has 0 radical (unpaired) electrons. The molecule has 1 atom stereocenters. The van der Waals surface area contributed by atoms with Gasteiger partial charge >= 0.3 is 0 Å². The Labute approximate surface area is 80.7 Å². The molecule has 3 nitrogen and oxygen atoms in total. The molecule has 3 heteroatoms. The minimum absolute atomic E-state index is 0.0226. The highest BCUT2D eigenvalue weighted by Crippen LogP contribution is 2.22. The van der Waals surface area contributed by atoms with Gasteiger partial charge in [0.15, 0.2) is 0 Å². The van der Waals surface area contributed by atoms with Crippen molar-refractivity contribution in [2.45, 2.75) is 37.8 Å². The number of nitrogens with one attached hydrogen (secondary N) is 1. The van der Waals surface area contributed by atoms with E-state index < -0.39 is 0 Å². The summed E-state index contributed by atoms with van der Waals surface area (Å²) in [5.41, 5.74) is 0. The van der Waals surface area contributed by atoms with Crippen LogP contribution in [0.3, 0.4) is 0 Å². The van der Waals surface area contributed by atoms with Gasteiger partial charge in [-0.1, -0.05) is 12.8 Å². The summed E-state index contributed by atoms with van der Waals surface area (Å²) in [7, 11) is 3.97. The summed E-state index contributed by atoms with van der Waals surface area (Å²) in [5, 5.41) is 11.8. The van der Waals surface area contributed by atoms with Crippen LogP contribution >= 0.6 is 0 Å². The van der Waals surface area contributed by atoms with Gasteiger partial charge in [0.2, 0.25) is 0 Å². The first-order valence-electron chi connectivity index (χ1n) is 5.05. The molecule has 0 aromatic rings. The van der Waals surface area contributed by atoms with Crippen LogP contribution in [0.25, 0.3) is 0 Å². The Balaban J connectivity index is 2.30. The Hall–Kier alpha value is -0.590. The van der Waals surface area contributed by atoms with Crippen molar-refractivity contribution >= 4 is 0 Å². The second-order valence-corrected chi connectivity index (χ2v) is 3.85.